The Hall–Kier alpha value is -1.06. The summed E-state index contributed by atoms with van der Waals surface area (Å²) in [5.41, 5.74) is 7.41. The molecular weight excluding hydrogens is 212 g/mol. The predicted molar refractivity (Wildman–Crippen MR) is 70.0 cm³/mol. The van der Waals surface area contributed by atoms with Gasteiger partial charge in [0.15, 0.2) is 0 Å². The van der Waals surface area contributed by atoms with Crippen LogP contribution in [-0.4, -0.2) is 20.2 Å². The molecule has 17 heavy (non-hydrogen) atoms. The van der Waals surface area contributed by atoms with Crippen LogP contribution in [0, 0.1) is 5.41 Å². The van der Waals surface area contributed by atoms with Gasteiger partial charge in [-0.25, -0.2) is 0 Å². The summed E-state index contributed by atoms with van der Waals surface area (Å²) in [6.45, 7) is 2.67. The minimum absolute atomic E-state index is 0.363. The summed E-state index contributed by atoms with van der Waals surface area (Å²) in [5.74, 6) is 0.954. The zero-order chi connectivity index (χ0) is 12.1. The summed E-state index contributed by atoms with van der Waals surface area (Å²) in [4.78, 5) is 0. The maximum absolute atomic E-state index is 5.84. The van der Waals surface area contributed by atoms with Crippen LogP contribution in [0.2, 0.25) is 0 Å². The van der Waals surface area contributed by atoms with Crippen LogP contribution < -0.4 is 15.8 Å². The summed E-state index contributed by atoms with van der Waals surface area (Å²) in [5, 5.41) is 3.51. The van der Waals surface area contributed by atoms with Gasteiger partial charge >= 0.3 is 0 Å². The summed E-state index contributed by atoms with van der Waals surface area (Å²) in [6.07, 6.45) is 3.86. The fraction of sp³-hybridized carbons (Fsp3) is 0.571. The van der Waals surface area contributed by atoms with E-state index >= 15 is 0 Å². The SMILES string of the molecule is COc1ccccc1CNCC1(CN)CCC1. The lowest BCUT2D eigenvalue weighted by Crippen LogP contribution is -2.45. The van der Waals surface area contributed by atoms with Crippen LogP contribution in [0.1, 0.15) is 24.8 Å². The Kier molecular flexibility index (Phi) is 4.02. The monoisotopic (exact) mass is 234 g/mol. The van der Waals surface area contributed by atoms with Crippen molar-refractivity contribution < 1.29 is 4.74 Å². The molecule has 0 bridgehead atoms. The zero-order valence-electron chi connectivity index (χ0n) is 10.5. The van der Waals surface area contributed by atoms with Crippen molar-refractivity contribution in [2.24, 2.45) is 11.1 Å². The van der Waals surface area contributed by atoms with E-state index in [1.807, 2.05) is 18.2 Å². The Balaban J connectivity index is 1.85. The number of rotatable bonds is 6. The van der Waals surface area contributed by atoms with Crippen molar-refractivity contribution in [3.8, 4) is 5.75 Å². The van der Waals surface area contributed by atoms with Crippen LogP contribution in [0.25, 0.3) is 0 Å². The second-order valence-corrected chi connectivity index (χ2v) is 4.97. The van der Waals surface area contributed by atoms with Crippen LogP contribution in [0.3, 0.4) is 0 Å². The topological polar surface area (TPSA) is 47.3 Å². The predicted octanol–water partition coefficient (Wildman–Crippen LogP) is 1.91. The van der Waals surface area contributed by atoms with Gasteiger partial charge in [0.05, 0.1) is 7.11 Å². The lowest BCUT2D eigenvalue weighted by molar-refractivity contribution is 0.140. The van der Waals surface area contributed by atoms with E-state index in [4.69, 9.17) is 10.5 Å². The molecule has 2 rings (SSSR count). The van der Waals surface area contributed by atoms with Gasteiger partial charge in [-0.1, -0.05) is 24.6 Å². The first kappa shape index (κ1) is 12.4. The Morgan fingerprint density at radius 2 is 2.12 bits per heavy atom. The molecule has 0 aliphatic heterocycles. The minimum Gasteiger partial charge on any atom is -0.496 e. The molecule has 0 radical (unpaired) electrons. The van der Waals surface area contributed by atoms with E-state index < -0.39 is 0 Å². The fourth-order valence-corrected chi connectivity index (χ4v) is 2.44. The van der Waals surface area contributed by atoms with Crippen molar-refractivity contribution in [2.75, 3.05) is 20.2 Å². The Morgan fingerprint density at radius 1 is 1.35 bits per heavy atom. The molecule has 0 spiro atoms. The Bertz CT molecular complexity index is 355. The van der Waals surface area contributed by atoms with E-state index in [-0.39, 0.29) is 0 Å². The molecule has 0 unspecified atom stereocenters. The van der Waals surface area contributed by atoms with Gasteiger partial charge in [0, 0.05) is 18.7 Å². The molecule has 3 heteroatoms. The molecule has 94 valence electrons. The van der Waals surface area contributed by atoms with Gasteiger partial charge in [0.25, 0.3) is 0 Å². The molecule has 0 amide bonds. The van der Waals surface area contributed by atoms with Gasteiger partial charge in [0.2, 0.25) is 0 Å². The quantitative estimate of drug-likeness (QED) is 0.790. The van der Waals surface area contributed by atoms with Crippen LogP contribution in [-0.2, 0) is 6.54 Å². The standard InChI is InChI=1S/C14H22N2O/c1-17-13-6-3-2-5-12(13)9-16-11-14(10-15)7-4-8-14/h2-3,5-6,16H,4,7-11,15H2,1H3. The van der Waals surface area contributed by atoms with Crippen molar-refractivity contribution in [3.63, 3.8) is 0 Å². The highest BCUT2D eigenvalue weighted by Gasteiger charge is 2.34. The molecule has 1 aromatic rings. The average Bonchev–Trinajstić information content (AvgIpc) is 2.33. The van der Waals surface area contributed by atoms with Gasteiger partial charge in [-0.2, -0.15) is 0 Å². The third-order valence-corrected chi connectivity index (χ3v) is 3.86. The van der Waals surface area contributed by atoms with Crippen LogP contribution >= 0.6 is 0 Å². The maximum atomic E-state index is 5.84. The van der Waals surface area contributed by atoms with Gasteiger partial charge in [-0.3, -0.25) is 0 Å². The molecule has 1 aliphatic carbocycles. The van der Waals surface area contributed by atoms with Gasteiger partial charge in [0.1, 0.15) is 5.75 Å². The summed E-state index contributed by atoms with van der Waals surface area (Å²) < 4.78 is 5.33. The van der Waals surface area contributed by atoms with Gasteiger partial charge < -0.3 is 15.8 Å². The molecular formula is C14H22N2O. The van der Waals surface area contributed by atoms with Crippen LogP contribution in [0.15, 0.2) is 24.3 Å². The molecule has 1 aromatic carbocycles. The molecule has 1 saturated carbocycles. The third kappa shape index (κ3) is 2.79. The number of para-hydroxylation sites is 1. The molecule has 3 nitrogen and oxygen atoms in total. The smallest absolute Gasteiger partial charge is 0.123 e. The number of ether oxygens (including phenoxy) is 1. The zero-order valence-corrected chi connectivity index (χ0v) is 10.5. The van der Waals surface area contributed by atoms with E-state index in [9.17, 15) is 0 Å². The number of hydrogen-bond donors (Lipinski definition) is 2. The van der Waals surface area contributed by atoms with E-state index in [1.165, 1.54) is 24.8 Å². The number of benzene rings is 1. The lowest BCUT2D eigenvalue weighted by Gasteiger charge is -2.41. The second-order valence-electron chi connectivity index (χ2n) is 4.97. The summed E-state index contributed by atoms with van der Waals surface area (Å²) >= 11 is 0. The average molecular weight is 234 g/mol. The van der Waals surface area contributed by atoms with E-state index in [1.54, 1.807) is 7.11 Å². The van der Waals surface area contributed by atoms with Crippen molar-refractivity contribution in [1.29, 1.82) is 0 Å². The van der Waals surface area contributed by atoms with Crippen molar-refractivity contribution >= 4 is 0 Å². The van der Waals surface area contributed by atoms with E-state index in [0.717, 1.165) is 25.4 Å². The van der Waals surface area contributed by atoms with E-state index in [2.05, 4.69) is 11.4 Å². The normalized spacial score (nSPS) is 17.5. The highest BCUT2D eigenvalue weighted by molar-refractivity contribution is 5.32. The number of methoxy groups -OCH3 is 1. The largest absolute Gasteiger partial charge is 0.496 e. The number of nitrogens with two attached hydrogens (primary N) is 1. The van der Waals surface area contributed by atoms with E-state index in [0.29, 0.717) is 5.41 Å². The second kappa shape index (κ2) is 5.52. The maximum Gasteiger partial charge on any atom is 0.123 e. The molecule has 1 aliphatic rings. The molecule has 0 saturated heterocycles. The fourth-order valence-electron chi connectivity index (χ4n) is 2.44. The van der Waals surface area contributed by atoms with Gasteiger partial charge in [-0.15, -0.1) is 0 Å². The molecule has 1 fully saturated rings. The Labute approximate surface area is 103 Å². The van der Waals surface area contributed by atoms with Crippen molar-refractivity contribution in [1.82, 2.24) is 5.32 Å². The van der Waals surface area contributed by atoms with Crippen LogP contribution in [0.5, 0.6) is 5.75 Å². The molecule has 0 aromatic heterocycles. The van der Waals surface area contributed by atoms with Crippen molar-refractivity contribution in [2.45, 2.75) is 25.8 Å². The lowest BCUT2D eigenvalue weighted by atomic mass is 9.69. The van der Waals surface area contributed by atoms with Crippen molar-refractivity contribution in [3.05, 3.63) is 29.8 Å². The number of hydrogen-bond acceptors (Lipinski definition) is 3. The first-order valence-electron chi connectivity index (χ1n) is 6.32. The minimum atomic E-state index is 0.363. The number of nitrogens with one attached hydrogen (secondary N) is 1. The van der Waals surface area contributed by atoms with Crippen LogP contribution in [0.4, 0.5) is 0 Å². The summed E-state index contributed by atoms with van der Waals surface area (Å²) in [6, 6.07) is 8.14. The molecule has 0 atom stereocenters. The first-order valence-corrected chi connectivity index (χ1v) is 6.32. The highest BCUT2D eigenvalue weighted by Crippen LogP contribution is 2.39. The third-order valence-electron chi connectivity index (χ3n) is 3.86. The molecule has 0 heterocycles. The van der Waals surface area contributed by atoms with Gasteiger partial charge in [-0.05, 0) is 30.9 Å². The Morgan fingerprint density at radius 3 is 2.71 bits per heavy atom. The molecule has 3 N–H and O–H groups in total. The first-order chi connectivity index (χ1) is 8.29. The summed E-state index contributed by atoms with van der Waals surface area (Å²) in [7, 11) is 1.71. The highest BCUT2D eigenvalue weighted by atomic mass is 16.5.